The number of sulfonamides is 1. The zero-order valence-electron chi connectivity index (χ0n) is 12.2. The van der Waals surface area contributed by atoms with Crippen molar-refractivity contribution in [2.24, 2.45) is 0 Å². The molecule has 7 heteroatoms. The van der Waals surface area contributed by atoms with Gasteiger partial charge in [-0.15, -0.1) is 0 Å². The van der Waals surface area contributed by atoms with Crippen LogP contribution in [-0.4, -0.2) is 39.5 Å². The van der Waals surface area contributed by atoms with E-state index in [0.717, 1.165) is 10.8 Å². The van der Waals surface area contributed by atoms with Crippen molar-refractivity contribution in [3.05, 3.63) is 30.5 Å². The van der Waals surface area contributed by atoms with Crippen LogP contribution >= 0.6 is 0 Å². The molecule has 0 spiro atoms. The molecule has 0 amide bonds. The standard InChI is InChI=1S/C14H18N2O4S/c1-10(19-2)9-21(17,18)16-13-6-4-5-12-11(13)7-8-15-14(12)20-3/h4-8,10,16H,9H2,1-3H3. The van der Waals surface area contributed by atoms with E-state index in [0.29, 0.717) is 11.6 Å². The third kappa shape index (κ3) is 3.62. The molecule has 0 aliphatic carbocycles. The summed E-state index contributed by atoms with van der Waals surface area (Å²) in [7, 11) is -0.486. The van der Waals surface area contributed by atoms with Crippen LogP contribution in [0.4, 0.5) is 5.69 Å². The molecule has 0 aliphatic heterocycles. The van der Waals surface area contributed by atoms with Gasteiger partial charge in [0.1, 0.15) is 0 Å². The number of pyridine rings is 1. The first-order valence-electron chi connectivity index (χ1n) is 6.42. The minimum absolute atomic E-state index is 0.109. The van der Waals surface area contributed by atoms with Gasteiger partial charge in [0.25, 0.3) is 0 Å². The molecule has 1 unspecified atom stereocenters. The van der Waals surface area contributed by atoms with Crippen LogP contribution in [0.2, 0.25) is 0 Å². The average Bonchev–Trinajstić information content (AvgIpc) is 2.46. The highest BCUT2D eigenvalue weighted by atomic mass is 32.2. The number of nitrogens with zero attached hydrogens (tertiary/aromatic N) is 1. The van der Waals surface area contributed by atoms with Gasteiger partial charge in [-0.2, -0.15) is 0 Å². The molecule has 2 aromatic rings. The van der Waals surface area contributed by atoms with Crippen molar-refractivity contribution in [2.45, 2.75) is 13.0 Å². The Morgan fingerprint density at radius 2 is 2.00 bits per heavy atom. The second-order valence-electron chi connectivity index (χ2n) is 4.65. The maximum absolute atomic E-state index is 12.1. The molecule has 0 fully saturated rings. The quantitative estimate of drug-likeness (QED) is 0.883. The van der Waals surface area contributed by atoms with Gasteiger partial charge in [0, 0.05) is 24.1 Å². The predicted molar refractivity (Wildman–Crippen MR) is 82.2 cm³/mol. The molecule has 0 aliphatic rings. The number of hydrogen-bond acceptors (Lipinski definition) is 5. The first-order chi connectivity index (χ1) is 9.96. The van der Waals surface area contributed by atoms with Crippen LogP contribution in [0, 0.1) is 0 Å². The SMILES string of the molecule is COc1nccc2c(NS(=O)(=O)CC(C)OC)cccc12. The third-order valence-electron chi connectivity index (χ3n) is 3.08. The van der Waals surface area contributed by atoms with Gasteiger partial charge in [0.15, 0.2) is 0 Å². The van der Waals surface area contributed by atoms with Crippen molar-refractivity contribution >= 4 is 26.5 Å². The summed E-state index contributed by atoms with van der Waals surface area (Å²) in [5, 5.41) is 1.48. The second-order valence-corrected chi connectivity index (χ2v) is 6.42. The van der Waals surface area contributed by atoms with Gasteiger partial charge in [0.2, 0.25) is 15.9 Å². The maximum atomic E-state index is 12.1. The van der Waals surface area contributed by atoms with Crippen molar-refractivity contribution in [3.63, 3.8) is 0 Å². The topological polar surface area (TPSA) is 77.5 Å². The van der Waals surface area contributed by atoms with E-state index in [1.54, 1.807) is 31.3 Å². The molecule has 1 atom stereocenters. The van der Waals surface area contributed by atoms with Crippen LogP contribution in [0.25, 0.3) is 10.8 Å². The predicted octanol–water partition coefficient (Wildman–Crippen LogP) is 2.02. The van der Waals surface area contributed by atoms with E-state index in [-0.39, 0.29) is 11.9 Å². The number of fused-ring (bicyclic) bond motifs is 1. The molecule has 21 heavy (non-hydrogen) atoms. The molecule has 1 aromatic heterocycles. The van der Waals surface area contributed by atoms with Gasteiger partial charge in [-0.3, -0.25) is 4.72 Å². The summed E-state index contributed by atoms with van der Waals surface area (Å²) in [4.78, 5) is 4.11. The number of methoxy groups -OCH3 is 2. The number of hydrogen-bond donors (Lipinski definition) is 1. The van der Waals surface area contributed by atoms with Gasteiger partial charge in [-0.05, 0) is 25.1 Å². The number of ether oxygens (including phenoxy) is 2. The van der Waals surface area contributed by atoms with Crippen LogP contribution in [0.5, 0.6) is 5.88 Å². The minimum atomic E-state index is -3.49. The minimum Gasteiger partial charge on any atom is -0.481 e. The monoisotopic (exact) mass is 310 g/mol. The van der Waals surface area contributed by atoms with Gasteiger partial charge in [-0.25, -0.2) is 13.4 Å². The maximum Gasteiger partial charge on any atom is 0.235 e. The smallest absolute Gasteiger partial charge is 0.235 e. The lowest BCUT2D eigenvalue weighted by atomic mass is 10.1. The summed E-state index contributed by atoms with van der Waals surface area (Å²) in [5.74, 6) is 0.348. The third-order valence-corrected chi connectivity index (χ3v) is 4.52. The largest absolute Gasteiger partial charge is 0.481 e. The second kappa shape index (κ2) is 6.28. The molecule has 0 bridgehead atoms. The molecule has 114 valence electrons. The first kappa shape index (κ1) is 15.5. The summed E-state index contributed by atoms with van der Waals surface area (Å²) in [5.41, 5.74) is 0.497. The van der Waals surface area contributed by atoms with E-state index in [9.17, 15) is 8.42 Å². The molecular weight excluding hydrogens is 292 g/mol. The van der Waals surface area contributed by atoms with E-state index in [1.165, 1.54) is 14.2 Å². The van der Waals surface area contributed by atoms with Crippen molar-refractivity contribution in [1.29, 1.82) is 0 Å². The Hall–Kier alpha value is -1.86. The van der Waals surface area contributed by atoms with Crippen LogP contribution in [0.3, 0.4) is 0 Å². The highest BCUT2D eigenvalue weighted by Gasteiger charge is 2.17. The molecule has 1 heterocycles. The molecule has 6 nitrogen and oxygen atoms in total. The van der Waals surface area contributed by atoms with E-state index in [4.69, 9.17) is 9.47 Å². The Labute approximate surface area is 124 Å². The van der Waals surface area contributed by atoms with Crippen LogP contribution in [0.15, 0.2) is 30.5 Å². The molecule has 1 aromatic carbocycles. The van der Waals surface area contributed by atoms with E-state index in [1.807, 2.05) is 6.07 Å². The van der Waals surface area contributed by atoms with Crippen LogP contribution in [-0.2, 0) is 14.8 Å². The summed E-state index contributed by atoms with van der Waals surface area (Å²) in [6, 6.07) is 7.03. The lowest BCUT2D eigenvalue weighted by Gasteiger charge is -2.14. The van der Waals surface area contributed by atoms with E-state index in [2.05, 4.69) is 9.71 Å². The van der Waals surface area contributed by atoms with Crippen molar-refractivity contribution in [3.8, 4) is 5.88 Å². The fraction of sp³-hybridized carbons (Fsp3) is 0.357. The lowest BCUT2D eigenvalue weighted by molar-refractivity contribution is 0.136. The van der Waals surface area contributed by atoms with E-state index < -0.39 is 10.0 Å². The lowest BCUT2D eigenvalue weighted by Crippen LogP contribution is -2.25. The van der Waals surface area contributed by atoms with Crippen LogP contribution in [0.1, 0.15) is 6.92 Å². The van der Waals surface area contributed by atoms with Crippen molar-refractivity contribution < 1.29 is 17.9 Å². The zero-order valence-corrected chi connectivity index (χ0v) is 13.0. The van der Waals surface area contributed by atoms with Gasteiger partial charge >= 0.3 is 0 Å². The Morgan fingerprint density at radius 3 is 2.67 bits per heavy atom. The van der Waals surface area contributed by atoms with Crippen molar-refractivity contribution in [1.82, 2.24) is 4.98 Å². The first-order valence-corrected chi connectivity index (χ1v) is 8.07. The molecule has 1 N–H and O–H groups in total. The molecule has 2 rings (SSSR count). The fourth-order valence-corrected chi connectivity index (χ4v) is 3.37. The zero-order chi connectivity index (χ0) is 15.5. The summed E-state index contributed by atoms with van der Waals surface area (Å²) >= 11 is 0. The molecular formula is C14H18N2O4S. The Kier molecular flexibility index (Phi) is 4.64. The molecule has 0 saturated heterocycles. The molecule has 0 radical (unpaired) electrons. The average molecular weight is 310 g/mol. The Bertz CT molecular complexity index is 731. The van der Waals surface area contributed by atoms with Crippen molar-refractivity contribution in [2.75, 3.05) is 24.7 Å². The molecule has 0 saturated carbocycles. The Balaban J connectivity index is 2.39. The van der Waals surface area contributed by atoms with Gasteiger partial charge in [0.05, 0.1) is 24.7 Å². The summed E-state index contributed by atoms with van der Waals surface area (Å²) in [6.45, 7) is 1.70. The number of nitrogens with one attached hydrogen (secondary N) is 1. The highest BCUT2D eigenvalue weighted by Crippen LogP contribution is 2.29. The summed E-state index contributed by atoms with van der Waals surface area (Å²) < 4.78 is 37.0. The fourth-order valence-electron chi connectivity index (χ4n) is 2.02. The highest BCUT2D eigenvalue weighted by molar-refractivity contribution is 7.92. The van der Waals surface area contributed by atoms with Crippen LogP contribution < -0.4 is 9.46 Å². The van der Waals surface area contributed by atoms with Gasteiger partial charge < -0.3 is 9.47 Å². The number of rotatable bonds is 6. The number of anilines is 1. The summed E-state index contributed by atoms with van der Waals surface area (Å²) in [6.07, 6.45) is 1.20. The number of benzene rings is 1. The normalized spacial score (nSPS) is 13.1. The Morgan fingerprint density at radius 1 is 1.24 bits per heavy atom. The van der Waals surface area contributed by atoms with Gasteiger partial charge in [-0.1, -0.05) is 6.07 Å². The van der Waals surface area contributed by atoms with E-state index >= 15 is 0 Å². The number of aromatic nitrogens is 1.